The smallest absolute Gasteiger partial charge is 0.389 e. The molecule has 6 heteroatoms. The molecule has 100 valence electrons. The van der Waals surface area contributed by atoms with Crippen molar-refractivity contribution in [2.24, 2.45) is 0 Å². The Balaban J connectivity index is 2.66. The van der Waals surface area contributed by atoms with Crippen LogP contribution in [0.3, 0.4) is 0 Å². The summed E-state index contributed by atoms with van der Waals surface area (Å²) < 4.78 is 40.8. The maximum Gasteiger partial charge on any atom is 0.389 e. The number of hydrogen-bond donors (Lipinski definition) is 1. The number of methoxy groups -OCH3 is 1. The number of nitrogen functional groups attached to an aromatic ring is 1. The van der Waals surface area contributed by atoms with Crippen LogP contribution in [0.4, 0.5) is 18.9 Å². The zero-order valence-electron chi connectivity index (χ0n) is 9.88. The van der Waals surface area contributed by atoms with Crippen molar-refractivity contribution in [2.45, 2.75) is 25.4 Å². The molecule has 0 heterocycles. The third-order valence-electron chi connectivity index (χ3n) is 2.42. The number of carbonyl (C=O) groups excluding carboxylic acids is 1. The highest BCUT2D eigenvalue weighted by atomic mass is 19.4. The predicted molar refractivity (Wildman–Crippen MR) is 61.6 cm³/mol. The Bertz CT molecular complexity index is 430. The second kappa shape index (κ2) is 5.75. The van der Waals surface area contributed by atoms with Crippen LogP contribution < -0.4 is 10.5 Å². The van der Waals surface area contributed by atoms with Crippen molar-refractivity contribution in [1.82, 2.24) is 0 Å². The number of nitrogens with two attached hydrogens (primary N) is 1. The summed E-state index contributed by atoms with van der Waals surface area (Å²) in [5, 5.41) is 0. The molecule has 1 aromatic rings. The molecule has 0 fully saturated rings. The van der Waals surface area contributed by atoms with Crippen LogP contribution >= 0.6 is 0 Å². The van der Waals surface area contributed by atoms with E-state index in [4.69, 9.17) is 10.5 Å². The van der Waals surface area contributed by atoms with Gasteiger partial charge in [-0.2, -0.15) is 13.2 Å². The fourth-order valence-corrected chi connectivity index (χ4v) is 1.49. The molecule has 0 unspecified atom stereocenters. The normalized spacial score (nSPS) is 11.3. The van der Waals surface area contributed by atoms with Crippen molar-refractivity contribution in [2.75, 3.05) is 12.8 Å². The number of halogens is 3. The van der Waals surface area contributed by atoms with Gasteiger partial charge in [0.2, 0.25) is 0 Å². The lowest BCUT2D eigenvalue weighted by Crippen LogP contribution is -2.09. The maximum absolute atomic E-state index is 12.0. The van der Waals surface area contributed by atoms with Crippen LogP contribution in [0.1, 0.15) is 29.6 Å². The lowest BCUT2D eigenvalue weighted by atomic mass is 10.0. The fourth-order valence-electron chi connectivity index (χ4n) is 1.49. The summed E-state index contributed by atoms with van der Waals surface area (Å²) >= 11 is 0. The van der Waals surface area contributed by atoms with Crippen LogP contribution in [-0.2, 0) is 0 Å². The molecular weight excluding hydrogens is 247 g/mol. The van der Waals surface area contributed by atoms with E-state index >= 15 is 0 Å². The summed E-state index contributed by atoms with van der Waals surface area (Å²) in [6.45, 7) is 0. The number of ether oxygens (including phenoxy) is 1. The van der Waals surface area contributed by atoms with E-state index in [0.29, 0.717) is 5.75 Å². The van der Waals surface area contributed by atoms with Crippen LogP contribution in [0.5, 0.6) is 5.75 Å². The van der Waals surface area contributed by atoms with Crippen molar-refractivity contribution < 1.29 is 22.7 Å². The molecule has 18 heavy (non-hydrogen) atoms. The molecule has 0 radical (unpaired) electrons. The first kappa shape index (κ1) is 14.3. The second-order valence-electron chi connectivity index (χ2n) is 3.85. The van der Waals surface area contributed by atoms with E-state index < -0.39 is 18.4 Å². The summed E-state index contributed by atoms with van der Waals surface area (Å²) in [6.07, 6.45) is -5.63. The minimum Gasteiger partial charge on any atom is -0.497 e. The molecule has 0 saturated heterocycles. The third kappa shape index (κ3) is 4.27. The quantitative estimate of drug-likeness (QED) is 0.654. The SMILES string of the molecule is COc1ccc(N)c(C(=O)CCCC(F)(F)F)c1. The Hall–Kier alpha value is -1.72. The Morgan fingerprint density at radius 3 is 2.61 bits per heavy atom. The Morgan fingerprint density at radius 2 is 2.06 bits per heavy atom. The molecule has 0 aromatic heterocycles. The molecule has 0 saturated carbocycles. The molecule has 0 spiro atoms. The first-order valence-electron chi connectivity index (χ1n) is 5.37. The first-order chi connectivity index (χ1) is 8.33. The summed E-state index contributed by atoms with van der Waals surface area (Å²) in [7, 11) is 1.43. The summed E-state index contributed by atoms with van der Waals surface area (Å²) in [5.74, 6) is 0.0408. The highest BCUT2D eigenvalue weighted by Gasteiger charge is 2.26. The van der Waals surface area contributed by atoms with E-state index in [9.17, 15) is 18.0 Å². The molecular formula is C12H14F3NO2. The number of ketones is 1. The molecule has 0 bridgehead atoms. The van der Waals surface area contributed by atoms with Crippen LogP contribution in [0.2, 0.25) is 0 Å². The lowest BCUT2D eigenvalue weighted by molar-refractivity contribution is -0.135. The van der Waals surface area contributed by atoms with E-state index in [1.807, 2.05) is 0 Å². The fraction of sp³-hybridized carbons (Fsp3) is 0.417. The van der Waals surface area contributed by atoms with Crippen LogP contribution in [0, 0.1) is 0 Å². The summed E-state index contributed by atoms with van der Waals surface area (Å²) in [5.41, 5.74) is 6.05. The molecule has 2 N–H and O–H groups in total. The molecule has 0 amide bonds. The number of rotatable bonds is 5. The van der Waals surface area contributed by atoms with Crippen molar-refractivity contribution in [3.05, 3.63) is 23.8 Å². The van der Waals surface area contributed by atoms with Gasteiger partial charge in [0.1, 0.15) is 5.75 Å². The molecule has 0 aliphatic rings. The van der Waals surface area contributed by atoms with Crippen LogP contribution in [0.15, 0.2) is 18.2 Å². The van der Waals surface area contributed by atoms with E-state index in [-0.39, 0.29) is 24.1 Å². The summed E-state index contributed by atoms with van der Waals surface area (Å²) in [4.78, 5) is 11.7. The molecule has 0 atom stereocenters. The second-order valence-corrected chi connectivity index (χ2v) is 3.85. The van der Waals surface area contributed by atoms with E-state index in [0.717, 1.165) is 0 Å². The number of Topliss-reactive ketones (excluding diaryl/α,β-unsaturated/α-hetero) is 1. The number of alkyl halides is 3. The minimum atomic E-state index is -4.24. The van der Waals surface area contributed by atoms with E-state index in [1.54, 1.807) is 6.07 Å². The highest BCUT2D eigenvalue weighted by molar-refractivity contribution is 6.01. The molecule has 1 aromatic carbocycles. The average molecular weight is 261 g/mol. The zero-order chi connectivity index (χ0) is 13.8. The third-order valence-corrected chi connectivity index (χ3v) is 2.42. The van der Waals surface area contributed by atoms with Gasteiger partial charge in [-0.05, 0) is 24.6 Å². The highest BCUT2D eigenvalue weighted by Crippen LogP contribution is 2.25. The molecule has 3 nitrogen and oxygen atoms in total. The monoisotopic (exact) mass is 261 g/mol. The summed E-state index contributed by atoms with van der Waals surface area (Å²) in [6, 6.07) is 4.52. The molecule has 1 rings (SSSR count). The van der Waals surface area contributed by atoms with Crippen molar-refractivity contribution in [1.29, 1.82) is 0 Å². The maximum atomic E-state index is 12.0. The Kier molecular flexibility index (Phi) is 4.58. The lowest BCUT2D eigenvalue weighted by Gasteiger charge is -2.08. The molecule has 0 aliphatic heterocycles. The van der Waals surface area contributed by atoms with Gasteiger partial charge in [-0.1, -0.05) is 0 Å². The van der Waals surface area contributed by atoms with Gasteiger partial charge in [-0.25, -0.2) is 0 Å². The van der Waals surface area contributed by atoms with Gasteiger partial charge in [0.25, 0.3) is 0 Å². The average Bonchev–Trinajstić information content (AvgIpc) is 2.27. The van der Waals surface area contributed by atoms with Gasteiger partial charge in [0, 0.05) is 24.1 Å². The van der Waals surface area contributed by atoms with Gasteiger partial charge in [-0.15, -0.1) is 0 Å². The number of anilines is 1. The first-order valence-corrected chi connectivity index (χ1v) is 5.37. The van der Waals surface area contributed by atoms with Crippen molar-refractivity contribution >= 4 is 11.5 Å². The largest absolute Gasteiger partial charge is 0.497 e. The van der Waals surface area contributed by atoms with E-state index in [2.05, 4.69) is 0 Å². The molecule has 0 aliphatic carbocycles. The van der Waals surface area contributed by atoms with Gasteiger partial charge in [0.05, 0.1) is 7.11 Å². The van der Waals surface area contributed by atoms with Gasteiger partial charge < -0.3 is 10.5 Å². The Morgan fingerprint density at radius 1 is 1.39 bits per heavy atom. The minimum absolute atomic E-state index is 0.184. The van der Waals surface area contributed by atoms with Crippen LogP contribution in [0.25, 0.3) is 0 Å². The predicted octanol–water partition coefficient (Wildman–Crippen LogP) is 3.19. The Labute approximate surface area is 103 Å². The van der Waals surface area contributed by atoms with Gasteiger partial charge >= 0.3 is 6.18 Å². The van der Waals surface area contributed by atoms with E-state index in [1.165, 1.54) is 19.2 Å². The zero-order valence-corrected chi connectivity index (χ0v) is 9.88. The topological polar surface area (TPSA) is 52.3 Å². The number of benzene rings is 1. The van der Waals surface area contributed by atoms with Gasteiger partial charge in [0.15, 0.2) is 5.78 Å². The van der Waals surface area contributed by atoms with Crippen molar-refractivity contribution in [3.63, 3.8) is 0 Å². The number of carbonyl (C=O) groups is 1. The van der Waals surface area contributed by atoms with Crippen molar-refractivity contribution in [3.8, 4) is 5.75 Å². The standard InChI is InChI=1S/C12H14F3NO2/c1-18-8-4-5-10(16)9(7-8)11(17)3-2-6-12(13,14)15/h4-5,7H,2-3,6,16H2,1H3. The van der Waals surface area contributed by atoms with Crippen LogP contribution in [-0.4, -0.2) is 19.1 Å². The van der Waals surface area contributed by atoms with Gasteiger partial charge in [-0.3, -0.25) is 4.79 Å². The number of hydrogen-bond acceptors (Lipinski definition) is 3.